The predicted molar refractivity (Wildman–Crippen MR) is 93.7 cm³/mol. The third-order valence-corrected chi connectivity index (χ3v) is 5.14. The normalized spacial score (nSPS) is 24.3. The van der Waals surface area contributed by atoms with Crippen LogP contribution in [0, 0.1) is 0 Å². The maximum absolute atomic E-state index is 11.0. The van der Waals surface area contributed by atoms with Crippen molar-refractivity contribution in [3.8, 4) is 5.75 Å². The molecule has 1 fully saturated rings. The van der Waals surface area contributed by atoms with Crippen LogP contribution >= 0.6 is 0 Å². The van der Waals surface area contributed by atoms with Gasteiger partial charge in [0.15, 0.2) is 0 Å². The monoisotopic (exact) mass is 310 g/mol. The van der Waals surface area contributed by atoms with Crippen molar-refractivity contribution in [3.05, 3.63) is 65.7 Å². The highest BCUT2D eigenvalue weighted by atomic mass is 16.5. The minimum absolute atomic E-state index is 0.174. The zero-order valence-electron chi connectivity index (χ0n) is 13.9. The Morgan fingerprint density at radius 3 is 2.57 bits per heavy atom. The molecule has 0 aliphatic heterocycles. The maximum atomic E-state index is 11.0. The molecule has 122 valence electrons. The number of benzene rings is 2. The molecule has 3 rings (SSSR count). The molecule has 2 aromatic rings. The summed E-state index contributed by atoms with van der Waals surface area (Å²) in [6, 6.07) is 18.4. The molecular weight excluding hydrogens is 284 g/mol. The van der Waals surface area contributed by atoms with E-state index in [1.165, 1.54) is 6.42 Å². The van der Waals surface area contributed by atoms with Crippen LogP contribution in [0.2, 0.25) is 0 Å². The zero-order valence-corrected chi connectivity index (χ0v) is 13.9. The predicted octanol–water partition coefficient (Wildman–Crippen LogP) is 5.06. The van der Waals surface area contributed by atoms with E-state index in [0.717, 1.165) is 42.6 Å². The third kappa shape index (κ3) is 3.59. The first kappa shape index (κ1) is 16.1. The Hall–Kier alpha value is -1.80. The summed E-state index contributed by atoms with van der Waals surface area (Å²) in [6.45, 7) is 2.65. The molecule has 23 heavy (non-hydrogen) atoms. The van der Waals surface area contributed by atoms with Gasteiger partial charge >= 0.3 is 0 Å². The largest absolute Gasteiger partial charge is 0.489 e. The number of hydrogen-bond acceptors (Lipinski definition) is 2. The van der Waals surface area contributed by atoms with E-state index < -0.39 is 5.60 Å². The summed E-state index contributed by atoms with van der Waals surface area (Å²) in [6.07, 6.45) is 5.02. The quantitative estimate of drug-likeness (QED) is 0.836. The lowest BCUT2D eigenvalue weighted by Gasteiger charge is -2.40. The van der Waals surface area contributed by atoms with Gasteiger partial charge in [-0.1, -0.05) is 68.3 Å². The van der Waals surface area contributed by atoms with E-state index in [4.69, 9.17) is 4.74 Å². The Bertz CT molecular complexity index is 623. The average molecular weight is 310 g/mol. The van der Waals surface area contributed by atoms with Gasteiger partial charge in [0, 0.05) is 11.5 Å². The standard InChI is InChI=1S/C21H26O2/c1-2-21(22)15-9-8-13-19(21)18-12-6-7-14-20(18)23-16-17-10-4-3-5-11-17/h3-7,10-12,14,19,22H,2,8-9,13,15-16H2,1H3. The van der Waals surface area contributed by atoms with Crippen LogP contribution in [-0.2, 0) is 6.61 Å². The van der Waals surface area contributed by atoms with E-state index in [9.17, 15) is 5.11 Å². The number of hydrogen-bond donors (Lipinski definition) is 1. The van der Waals surface area contributed by atoms with Gasteiger partial charge in [-0.2, -0.15) is 0 Å². The van der Waals surface area contributed by atoms with E-state index in [1.807, 2.05) is 30.3 Å². The summed E-state index contributed by atoms with van der Waals surface area (Å²) in [5.74, 6) is 1.09. The maximum Gasteiger partial charge on any atom is 0.123 e. The lowest BCUT2D eigenvalue weighted by molar-refractivity contribution is -0.0211. The second kappa shape index (κ2) is 7.18. The van der Waals surface area contributed by atoms with Gasteiger partial charge in [-0.15, -0.1) is 0 Å². The number of ether oxygens (including phenoxy) is 1. The minimum Gasteiger partial charge on any atom is -0.489 e. The van der Waals surface area contributed by atoms with E-state index in [0.29, 0.717) is 6.61 Å². The Morgan fingerprint density at radius 2 is 1.78 bits per heavy atom. The van der Waals surface area contributed by atoms with Crippen LogP contribution in [0.4, 0.5) is 0 Å². The van der Waals surface area contributed by atoms with E-state index in [1.54, 1.807) is 0 Å². The van der Waals surface area contributed by atoms with Crippen molar-refractivity contribution < 1.29 is 9.84 Å². The molecule has 2 atom stereocenters. The van der Waals surface area contributed by atoms with Gasteiger partial charge in [0.05, 0.1) is 5.60 Å². The fourth-order valence-electron chi connectivity index (χ4n) is 3.73. The van der Waals surface area contributed by atoms with Gasteiger partial charge in [0.1, 0.15) is 12.4 Å². The molecule has 0 bridgehead atoms. The van der Waals surface area contributed by atoms with Crippen LogP contribution < -0.4 is 4.74 Å². The van der Waals surface area contributed by atoms with Gasteiger partial charge in [-0.3, -0.25) is 0 Å². The second-order valence-electron chi connectivity index (χ2n) is 6.57. The van der Waals surface area contributed by atoms with E-state index in [-0.39, 0.29) is 5.92 Å². The fourth-order valence-corrected chi connectivity index (χ4v) is 3.73. The first-order valence-corrected chi connectivity index (χ1v) is 8.71. The van der Waals surface area contributed by atoms with Crippen molar-refractivity contribution in [3.63, 3.8) is 0 Å². The topological polar surface area (TPSA) is 29.5 Å². The van der Waals surface area contributed by atoms with Crippen LogP contribution in [0.5, 0.6) is 5.75 Å². The fraction of sp³-hybridized carbons (Fsp3) is 0.429. The zero-order chi connectivity index (χ0) is 16.1. The Morgan fingerprint density at radius 1 is 1.04 bits per heavy atom. The number of para-hydroxylation sites is 1. The molecule has 0 saturated heterocycles. The van der Waals surface area contributed by atoms with Crippen LogP contribution in [0.1, 0.15) is 56.1 Å². The highest BCUT2D eigenvalue weighted by Gasteiger charge is 2.39. The highest BCUT2D eigenvalue weighted by molar-refractivity contribution is 5.38. The first-order chi connectivity index (χ1) is 11.2. The van der Waals surface area contributed by atoms with Crippen LogP contribution in [0.25, 0.3) is 0 Å². The smallest absolute Gasteiger partial charge is 0.123 e. The molecule has 2 aromatic carbocycles. The molecule has 2 nitrogen and oxygen atoms in total. The second-order valence-corrected chi connectivity index (χ2v) is 6.57. The summed E-state index contributed by atoms with van der Waals surface area (Å²) < 4.78 is 6.10. The summed E-state index contributed by atoms with van der Waals surface area (Å²) in [7, 11) is 0. The van der Waals surface area contributed by atoms with Gasteiger partial charge in [-0.05, 0) is 30.9 Å². The van der Waals surface area contributed by atoms with Crippen molar-refractivity contribution in [1.29, 1.82) is 0 Å². The number of rotatable bonds is 5. The summed E-state index contributed by atoms with van der Waals surface area (Å²) in [5.41, 5.74) is 1.73. The molecule has 1 aliphatic carbocycles. The molecule has 1 aliphatic rings. The van der Waals surface area contributed by atoms with Crippen molar-refractivity contribution in [2.45, 2.75) is 57.2 Å². The van der Waals surface area contributed by atoms with E-state index >= 15 is 0 Å². The van der Waals surface area contributed by atoms with Crippen LogP contribution in [-0.4, -0.2) is 10.7 Å². The van der Waals surface area contributed by atoms with Crippen molar-refractivity contribution in [2.24, 2.45) is 0 Å². The Kier molecular flexibility index (Phi) is 5.02. The molecule has 0 spiro atoms. The van der Waals surface area contributed by atoms with Gasteiger partial charge in [0.2, 0.25) is 0 Å². The summed E-state index contributed by atoms with van der Waals surface area (Å²) in [5, 5.41) is 11.0. The number of aliphatic hydroxyl groups is 1. The molecule has 0 amide bonds. The molecule has 0 heterocycles. The minimum atomic E-state index is -0.593. The lowest BCUT2D eigenvalue weighted by Crippen LogP contribution is -2.38. The van der Waals surface area contributed by atoms with Crippen molar-refractivity contribution in [2.75, 3.05) is 0 Å². The molecular formula is C21H26O2. The first-order valence-electron chi connectivity index (χ1n) is 8.71. The molecule has 1 N–H and O–H groups in total. The van der Waals surface area contributed by atoms with Crippen molar-refractivity contribution in [1.82, 2.24) is 0 Å². The average Bonchev–Trinajstić information content (AvgIpc) is 2.62. The van der Waals surface area contributed by atoms with Crippen LogP contribution in [0.15, 0.2) is 54.6 Å². The molecule has 0 radical (unpaired) electrons. The lowest BCUT2D eigenvalue weighted by atomic mass is 9.70. The van der Waals surface area contributed by atoms with Gasteiger partial charge < -0.3 is 9.84 Å². The van der Waals surface area contributed by atoms with Crippen molar-refractivity contribution >= 4 is 0 Å². The third-order valence-electron chi connectivity index (χ3n) is 5.14. The summed E-state index contributed by atoms with van der Waals surface area (Å²) in [4.78, 5) is 0. The highest BCUT2D eigenvalue weighted by Crippen LogP contribution is 2.45. The van der Waals surface area contributed by atoms with Gasteiger partial charge in [0.25, 0.3) is 0 Å². The Labute approximate surface area is 139 Å². The SMILES string of the molecule is CCC1(O)CCCCC1c1ccccc1OCc1ccccc1. The molecule has 0 aromatic heterocycles. The molecule has 2 heteroatoms. The van der Waals surface area contributed by atoms with Crippen LogP contribution in [0.3, 0.4) is 0 Å². The van der Waals surface area contributed by atoms with Gasteiger partial charge in [-0.25, -0.2) is 0 Å². The summed E-state index contributed by atoms with van der Waals surface area (Å²) >= 11 is 0. The molecule has 2 unspecified atom stereocenters. The molecule has 1 saturated carbocycles. The van der Waals surface area contributed by atoms with E-state index in [2.05, 4.69) is 31.2 Å². The Balaban J connectivity index is 1.82.